The van der Waals surface area contributed by atoms with E-state index < -0.39 is 0 Å². The fraction of sp³-hybridized carbons (Fsp3) is 0.647. The number of hydrogen-bond acceptors (Lipinski definition) is 4. The molecular weight excluding hydrogens is 419 g/mol. The number of rotatable bonds is 4. The Morgan fingerprint density at radius 2 is 2.33 bits per heavy atom. The van der Waals surface area contributed by atoms with Crippen LogP contribution in [0, 0.1) is 5.41 Å². The number of aliphatic imine (C=N–C) groups is 1. The lowest BCUT2D eigenvalue weighted by Crippen LogP contribution is -2.41. The second-order valence-electron chi connectivity index (χ2n) is 6.32. The Morgan fingerprint density at radius 1 is 1.46 bits per heavy atom. The molecule has 0 saturated carbocycles. The molecule has 2 aliphatic heterocycles. The van der Waals surface area contributed by atoms with Crippen LogP contribution >= 0.6 is 24.0 Å². The van der Waals surface area contributed by atoms with Crippen molar-refractivity contribution >= 4 is 29.9 Å². The molecule has 1 aromatic heterocycles. The van der Waals surface area contributed by atoms with Crippen molar-refractivity contribution in [1.29, 1.82) is 0 Å². The van der Waals surface area contributed by atoms with Crippen LogP contribution in [0.1, 0.15) is 25.5 Å². The van der Waals surface area contributed by atoms with Crippen LogP contribution < -0.4 is 10.1 Å². The number of nitrogens with one attached hydrogen (secondary N) is 1. The van der Waals surface area contributed by atoms with Crippen molar-refractivity contribution in [2.24, 2.45) is 10.4 Å². The molecule has 1 spiro atoms. The average Bonchev–Trinajstić information content (AvgIpc) is 3.22. The summed E-state index contributed by atoms with van der Waals surface area (Å²) in [7, 11) is 1.63. The summed E-state index contributed by atoms with van der Waals surface area (Å²) in [4.78, 5) is 11.6. The maximum absolute atomic E-state index is 5.61. The minimum absolute atomic E-state index is 0. The van der Waals surface area contributed by atoms with Crippen LogP contribution in [-0.4, -0.2) is 55.8 Å². The van der Waals surface area contributed by atoms with Crippen LogP contribution in [0.2, 0.25) is 0 Å². The number of ether oxygens (including phenoxy) is 2. The number of pyridine rings is 1. The number of nitrogens with zero attached hydrogens (tertiary/aromatic N) is 3. The van der Waals surface area contributed by atoms with Crippen molar-refractivity contribution in [3.8, 4) is 5.88 Å². The van der Waals surface area contributed by atoms with Crippen LogP contribution in [0.25, 0.3) is 0 Å². The lowest BCUT2D eigenvalue weighted by atomic mass is 9.87. The summed E-state index contributed by atoms with van der Waals surface area (Å²) in [6.45, 7) is 7.38. The van der Waals surface area contributed by atoms with E-state index in [0.717, 1.165) is 44.5 Å². The highest BCUT2D eigenvalue weighted by Crippen LogP contribution is 2.38. The SMILES string of the molecule is CCNC(=NCc1cccc(OC)n1)N1CCC2(CCOC2)C1.I. The topological polar surface area (TPSA) is 59.0 Å². The maximum Gasteiger partial charge on any atom is 0.213 e. The molecule has 0 aromatic carbocycles. The zero-order chi connectivity index (χ0) is 16.1. The van der Waals surface area contributed by atoms with Gasteiger partial charge in [-0.2, -0.15) is 0 Å². The van der Waals surface area contributed by atoms with E-state index in [9.17, 15) is 0 Å². The first-order valence-electron chi connectivity index (χ1n) is 8.36. The Hall–Kier alpha value is -1.09. The predicted octanol–water partition coefficient (Wildman–Crippen LogP) is 2.29. The third-order valence-corrected chi connectivity index (χ3v) is 4.64. The van der Waals surface area contributed by atoms with Gasteiger partial charge in [0.1, 0.15) is 0 Å². The quantitative estimate of drug-likeness (QED) is 0.437. The third-order valence-electron chi connectivity index (χ3n) is 4.64. The number of hydrogen-bond donors (Lipinski definition) is 1. The minimum Gasteiger partial charge on any atom is -0.481 e. The largest absolute Gasteiger partial charge is 0.481 e. The first-order valence-corrected chi connectivity index (χ1v) is 8.36. The van der Waals surface area contributed by atoms with E-state index in [1.807, 2.05) is 18.2 Å². The van der Waals surface area contributed by atoms with Crippen molar-refractivity contribution < 1.29 is 9.47 Å². The molecule has 1 unspecified atom stereocenters. The second kappa shape index (κ2) is 8.84. The molecule has 1 atom stereocenters. The molecule has 0 aliphatic carbocycles. The summed E-state index contributed by atoms with van der Waals surface area (Å²) >= 11 is 0. The number of halogens is 1. The van der Waals surface area contributed by atoms with Crippen molar-refractivity contribution in [1.82, 2.24) is 15.2 Å². The van der Waals surface area contributed by atoms with Gasteiger partial charge in [0.15, 0.2) is 5.96 Å². The molecular formula is C17H27IN4O2. The van der Waals surface area contributed by atoms with Gasteiger partial charge in [-0.25, -0.2) is 9.98 Å². The van der Waals surface area contributed by atoms with Gasteiger partial charge in [-0.05, 0) is 25.8 Å². The maximum atomic E-state index is 5.61. The Morgan fingerprint density at radius 3 is 3.04 bits per heavy atom. The van der Waals surface area contributed by atoms with Crippen LogP contribution in [0.4, 0.5) is 0 Å². The molecule has 0 radical (unpaired) electrons. The van der Waals surface area contributed by atoms with Gasteiger partial charge in [0.2, 0.25) is 5.88 Å². The van der Waals surface area contributed by atoms with Crippen molar-refractivity contribution in [3.05, 3.63) is 23.9 Å². The van der Waals surface area contributed by atoms with Gasteiger partial charge in [0.05, 0.1) is 26.0 Å². The average molecular weight is 446 g/mol. The van der Waals surface area contributed by atoms with E-state index in [-0.39, 0.29) is 24.0 Å². The summed E-state index contributed by atoms with van der Waals surface area (Å²) in [6, 6.07) is 5.78. The lowest BCUT2D eigenvalue weighted by molar-refractivity contribution is 0.156. The number of likely N-dealkylation sites (tertiary alicyclic amines) is 1. The first kappa shape index (κ1) is 19.2. The summed E-state index contributed by atoms with van der Waals surface area (Å²) < 4.78 is 10.8. The van der Waals surface area contributed by atoms with Gasteiger partial charge in [-0.15, -0.1) is 24.0 Å². The van der Waals surface area contributed by atoms with Gasteiger partial charge in [-0.1, -0.05) is 6.07 Å². The smallest absolute Gasteiger partial charge is 0.213 e. The van der Waals surface area contributed by atoms with Crippen LogP contribution in [0.3, 0.4) is 0 Å². The molecule has 7 heteroatoms. The zero-order valence-corrected chi connectivity index (χ0v) is 16.8. The number of guanidine groups is 1. The fourth-order valence-electron chi connectivity index (χ4n) is 3.33. The van der Waals surface area contributed by atoms with Crippen molar-refractivity contribution in [3.63, 3.8) is 0 Å². The summed E-state index contributed by atoms with van der Waals surface area (Å²) in [6.07, 6.45) is 2.36. The van der Waals surface area contributed by atoms with Gasteiger partial charge in [0.25, 0.3) is 0 Å². The van der Waals surface area contributed by atoms with Crippen molar-refractivity contribution in [2.45, 2.75) is 26.3 Å². The normalized spacial score (nSPS) is 23.4. The summed E-state index contributed by atoms with van der Waals surface area (Å²) in [5.41, 5.74) is 1.25. The summed E-state index contributed by atoms with van der Waals surface area (Å²) in [5.74, 6) is 1.60. The second-order valence-corrected chi connectivity index (χ2v) is 6.32. The highest BCUT2D eigenvalue weighted by molar-refractivity contribution is 14.0. The van der Waals surface area contributed by atoms with E-state index in [1.54, 1.807) is 7.11 Å². The molecule has 134 valence electrons. The lowest BCUT2D eigenvalue weighted by Gasteiger charge is -2.24. The summed E-state index contributed by atoms with van der Waals surface area (Å²) in [5, 5.41) is 3.41. The molecule has 6 nitrogen and oxygen atoms in total. The molecule has 2 saturated heterocycles. The van der Waals surface area contributed by atoms with Crippen LogP contribution in [0.5, 0.6) is 5.88 Å². The number of methoxy groups -OCH3 is 1. The van der Waals surface area contributed by atoms with Gasteiger partial charge in [-0.3, -0.25) is 0 Å². The van der Waals surface area contributed by atoms with E-state index in [2.05, 4.69) is 22.1 Å². The molecule has 1 aromatic rings. The Labute approximate surface area is 161 Å². The number of aromatic nitrogens is 1. The van der Waals surface area contributed by atoms with Crippen molar-refractivity contribution in [2.75, 3.05) is 40.0 Å². The van der Waals surface area contributed by atoms with Gasteiger partial charge in [0, 0.05) is 37.7 Å². The van der Waals surface area contributed by atoms with Gasteiger partial charge < -0.3 is 19.7 Å². The molecule has 1 N–H and O–H groups in total. The molecule has 24 heavy (non-hydrogen) atoms. The minimum atomic E-state index is 0. The highest BCUT2D eigenvalue weighted by Gasteiger charge is 2.42. The highest BCUT2D eigenvalue weighted by atomic mass is 127. The molecule has 3 heterocycles. The zero-order valence-electron chi connectivity index (χ0n) is 14.5. The first-order chi connectivity index (χ1) is 11.2. The molecule has 0 amide bonds. The van der Waals surface area contributed by atoms with E-state index in [0.29, 0.717) is 17.8 Å². The standard InChI is InChI=1S/C17H26N4O2.HI/c1-3-18-16(19-11-14-5-4-6-15(20-14)22-2)21-9-7-17(12-21)8-10-23-13-17;/h4-6H,3,7-13H2,1-2H3,(H,18,19);1H. The Balaban J connectivity index is 0.00000208. The van der Waals surface area contributed by atoms with Crippen LogP contribution in [0.15, 0.2) is 23.2 Å². The van der Waals surface area contributed by atoms with E-state index >= 15 is 0 Å². The van der Waals surface area contributed by atoms with Gasteiger partial charge >= 0.3 is 0 Å². The molecule has 0 bridgehead atoms. The monoisotopic (exact) mass is 446 g/mol. The predicted molar refractivity (Wildman–Crippen MR) is 105 cm³/mol. The molecule has 2 aliphatic rings. The Kier molecular flexibility index (Phi) is 7.09. The third kappa shape index (κ3) is 4.50. The molecule has 2 fully saturated rings. The van der Waals surface area contributed by atoms with Crippen LogP contribution in [-0.2, 0) is 11.3 Å². The fourth-order valence-corrected chi connectivity index (χ4v) is 3.33. The Bertz CT molecular complexity index is 561. The van der Waals surface area contributed by atoms with E-state index in [1.165, 1.54) is 12.8 Å². The van der Waals surface area contributed by atoms with E-state index in [4.69, 9.17) is 14.5 Å². The molecule has 3 rings (SSSR count).